The van der Waals surface area contributed by atoms with Crippen molar-refractivity contribution < 1.29 is 0 Å². The van der Waals surface area contributed by atoms with E-state index in [1.807, 2.05) is 0 Å². The standard InChI is InChI=1S/C97H70N2/c1-97(2)92-32-18-17-31-84(92)85-52-41-77(61-93(85)97)76-43-54-87-91(60-76)90-59-75(63-19-5-3-6-20-63)42-53-86(90)95-89(69-37-44-78(45-38-69)98(80-48-33-64-21-9-13-27-71(64)55-80)81-49-34-65-22-10-14-28-72(65)56-81)62-88(68-25-7-4-8-26-68)94(96(87)95)70-39-46-79(47-40-70)99(82-50-35-66-23-11-15-29-73(66)57-82)83-51-36-67-24-12-16-30-74(67)58-83/h3-17,19-31,33-35,37-62,67H,18,32,36H2,1-2H3. The molecule has 2 nitrogen and oxygen atoms in total. The maximum atomic E-state index is 2.52. The second-order valence-electron chi connectivity index (χ2n) is 27.8. The van der Waals surface area contributed by atoms with Crippen molar-refractivity contribution >= 4 is 98.6 Å². The quantitative estimate of drug-likeness (QED) is 0.119. The van der Waals surface area contributed by atoms with Crippen LogP contribution in [0.2, 0.25) is 0 Å². The fourth-order valence-corrected chi connectivity index (χ4v) is 16.8. The highest BCUT2D eigenvalue weighted by Crippen LogP contribution is 2.54. The van der Waals surface area contributed by atoms with Gasteiger partial charge in [0.15, 0.2) is 0 Å². The smallest absolute Gasteiger partial charge is 0.0468 e. The Morgan fingerprint density at radius 2 is 0.848 bits per heavy atom. The maximum Gasteiger partial charge on any atom is 0.0468 e. The van der Waals surface area contributed by atoms with Crippen LogP contribution in [0, 0.1) is 5.92 Å². The van der Waals surface area contributed by atoms with E-state index >= 15 is 0 Å². The van der Waals surface area contributed by atoms with E-state index in [0.717, 1.165) is 64.4 Å². The van der Waals surface area contributed by atoms with E-state index in [2.05, 4.69) is 370 Å². The number of rotatable bonds is 11. The van der Waals surface area contributed by atoms with Crippen molar-refractivity contribution in [2.24, 2.45) is 5.92 Å². The third-order valence-electron chi connectivity index (χ3n) is 21.8. The molecule has 0 heterocycles. The monoisotopic (exact) mass is 1260 g/mol. The van der Waals surface area contributed by atoms with Gasteiger partial charge >= 0.3 is 0 Å². The zero-order valence-electron chi connectivity index (χ0n) is 55.5. The predicted molar refractivity (Wildman–Crippen MR) is 423 cm³/mol. The summed E-state index contributed by atoms with van der Waals surface area (Å²) in [4.78, 5) is 4.88. The fraction of sp³-hybridized carbons (Fsp3) is 0.0722. The third kappa shape index (κ3) is 10.0. The first kappa shape index (κ1) is 58.3. The van der Waals surface area contributed by atoms with Crippen LogP contribution >= 0.6 is 0 Å². The average molecular weight is 1260 g/mol. The van der Waals surface area contributed by atoms with Crippen LogP contribution in [0.3, 0.4) is 0 Å². The number of anilines is 5. The normalized spacial score (nSPS) is 15.2. The largest absolute Gasteiger partial charge is 0.311 e. The van der Waals surface area contributed by atoms with Crippen LogP contribution < -0.4 is 9.80 Å². The molecule has 99 heavy (non-hydrogen) atoms. The zero-order valence-corrected chi connectivity index (χ0v) is 55.5. The van der Waals surface area contributed by atoms with Crippen LogP contribution in [0.5, 0.6) is 0 Å². The molecule has 4 aliphatic carbocycles. The summed E-state index contributed by atoms with van der Waals surface area (Å²) in [5.41, 5.74) is 25.6. The van der Waals surface area contributed by atoms with Crippen LogP contribution in [0.15, 0.2) is 363 Å². The molecule has 0 bridgehead atoms. The molecule has 4 aliphatic rings. The minimum Gasteiger partial charge on any atom is -0.311 e. The molecule has 1 atom stereocenters. The summed E-state index contributed by atoms with van der Waals surface area (Å²) < 4.78 is 0. The molecule has 19 rings (SSSR count). The number of nitrogens with zero attached hydrogens (tertiary/aromatic N) is 2. The number of benzene rings is 15. The van der Waals surface area contributed by atoms with Crippen molar-refractivity contribution in [3.8, 4) is 55.6 Å². The van der Waals surface area contributed by atoms with Gasteiger partial charge in [-0.05, 0) is 253 Å². The molecule has 0 aromatic heterocycles. The first-order valence-corrected chi connectivity index (χ1v) is 35.0. The number of fused-ring (bicyclic) bond motifs is 12. The van der Waals surface area contributed by atoms with E-state index in [9.17, 15) is 0 Å². The summed E-state index contributed by atoms with van der Waals surface area (Å²) in [5.74, 6) is 0.373. The van der Waals surface area contributed by atoms with Crippen molar-refractivity contribution in [2.75, 3.05) is 9.80 Å². The van der Waals surface area contributed by atoms with Crippen LogP contribution in [0.4, 0.5) is 28.4 Å². The highest BCUT2D eigenvalue weighted by Gasteiger charge is 2.37. The number of allylic oxidation sites excluding steroid dienone is 11. The molecule has 1 unspecified atom stereocenters. The van der Waals surface area contributed by atoms with Gasteiger partial charge in [0.2, 0.25) is 0 Å². The van der Waals surface area contributed by atoms with Crippen molar-refractivity contribution in [1.29, 1.82) is 0 Å². The number of hydrogen-bond donors (Lipinski definition) is 0. The van der Waals surface area contributed by atoms with Crippen molar-refractivity contribution in [3.05, 3.63) is 374 Å². The lowest BCUT2D eigenvalue weighted by molar-refractivity contribution is 0.607. The Morgan fingerprint density at radius 3 is 1.47 bits per heavy atom. The summed E-state index contributed by atoms with van der Waals surface area (Å²) in [5, 5.41) is 14.6. The Labute approximate surface area is 578 Å². The topological polar surface area (TPSA) is 6.48 Å². The first-order chi connectivity index (χ1) is 48.8. The van der Waals surface area contributed by atoms with Crippen molar-refractivity contribution in [2.45, 2.75) is 38.5 Å². The lowest BCUT2D eigenvalue weighted by atomic mass is 9.78. The molecule has 0 radical (unpaired) electrons. The van der Waals surface area contributed by atoms with Gasteiger partial charge in [-0.1, -0.05) is 274 Å². The van der Waals surface area contributed by atoms with E-state index in [1.54, 1.807) is 5.57 Å². The van der Waals surface area contributed by atoms with Gasteiger partial charge in [0.05, 0.1) is 0 Å². The molecule has 2 heteroatoms. The average Bonchev–Trinajstić information content (AvgIpc) is 0.886. The molecule has 0 aliphatic heterocycles. The molecule has 0 amide bonds. The molecule has 0 saturated carbocycles. The lowest BCUT2D eigenvalue weighted by Gasteiger charge is -2.31. The Hall–Kier alpha value is -12.1. The summed E-state index contributed by atoms with van der Waals surface area (Å²) in [6, 6.07) is 112. The van der Waals surface area contributed by atoms with E-state index in [1.165, 1.54) is 132 Å². The maximum absolute atomic E-state index is 2.52. The highest BCUT2D eigenvalue weighted by atomic mass is 15.2. The minimum absolute atomic E-state index is 0.0573. The van der Waals surface area contributed by atoms with Gasteiger partial charge in [0, 0.05) is 45.5 Å². The molecule has 0 N–H and O–H groups in total. The van der Waals surface area contributed by atoms with Crippen molar-refractivity contribution in [1.82, 2.24) is 0 Å². The second-order valence-corrected chi connectivity index (χ2v) is 27.8. The first-order valence-electron chi connectivity index (χ1n) is 35.0. The summed E-state index contributed by atoms with van der Waals surface area (Å²) in [6.45, 7) is 4.87. The highest BCUT2D eigenvalue weighted by molar-refractivity contribution is 6.33. The van der Waals surface area contributed by atoms with Gasteiger partial charge in [0.25, 0.3) is 0 Å². The number of hydrogen-bond acceptors (Lipinski definition) is 2. The Bertz CT molecular complexity index is 5940. The van der Waals surface area contributed by atoms with Gasteiger partial charge < -0.3 is 9.80 Å². The Morgan fingerprint density at radius 1 is 0.354 bits per heavy atom. The molecule has 15 aromatic carbocycles. The summed E-state index contributed by atoms with van der Waals surface area (Å²) in [6.07, 6.45) is 21.7. The van der Waals surface area contributed by atoms with E-state index in [0.29, 0.717) is 5.92 Å². The van der Waals surface area contributed by atoms with Crippen LogP contribution in [-0.4, -0.2) is 0 Å². The van der Waals surface area contributed by atoms with Gasteiger partial charge in [0.1, 0.15) is 0 Å². The van der Waals surface area contributed by atoms with E-state index in [-0.39, 0.29) is 5.41 Å². The van der Waals surface area contributed by atoms with Gasteiger partial charge in [-0.3, -0.25) is 0 Å². The summed E-state index contributed by atoms with van der Waals surface area (Å²) in [7, 11) is 0. The zero-order chi connectivity index (χ0) is 65.7. The second kappa shape index (κ2) is 23.6. The van der Waals surface area contributed by atoms with Gasteiger partial charge in [-0.25, -0.2) is 0 Å². The molecule has 0 fully saturated rings. The molecular formula is C97H70N2. The van der Waals surface area contributed by atoms with Crippen LogP contribution in [-0.2, 0) is 5.41 Å². The fourth-order valence-electron chi connectivity index (χ4n) is 16.8. The van der Waals surface area contributed by atoms with Crippen LogP contribution in [0.25, 0.3) is 126 Å². The molecular weight excluding hydrogens is 1190 g/mol. The van der Waals surface area contributed by atoms with E-state index < -0.39 is 0 Å². The van der Waals surface area contributed by atoms with Crippen LogP contribution in [0.1, 0.15) is 44.2 Å². The predicted octanol–water partition coefficient (Wildman–Crippen LogP) is 26.9. The molecule has 0 saturated heterocycles. The van der Waals surface area contributed by atoms with Gasteiger partial charge in [-0.2, -0.15) is 0 Å². The Balaban J connectivity index is 0.862. The SMILES string of the molecule is CC1(C)C2=C(C=CCC2)c2ccc(-c3ccc4c(c3)c3cc(-c5ccccc5)ccc3c3c(-c5ccc(N(c6ccc7ccccc7c6)c6ccc7ccccc7c6)cc5)cc(-c5ccccc5)c(-c5ccc(N(C6=CCC7C=CC=CC7=C6)c6ccc7ccccc7c6)cc5)c43)cc21. The third-order valence-corrected chi connectivity index (χ3v) is 21.8. The molecule has 468 valence electrons. The molecule has 15 aromatic rings. The van der Waals surface area contributed by atoms with E-state index in [4.69, 9.17) is 0 Å². The lowest BCUT2D eigenvalue weighted by Crippen LogP contribution is -2.19. The Kier molecular flexibility index (Phi) is 13.9. The van der Waals surface area contributed by atoms with Crippen molar-refractivity contribution in [3.63, 3.8) is 0 Å². The summed E-state index contributed by atoms with van der Waals surface area (Å²) >= 11 is 0. The molecule has 0 spiro atoms. The van der Waals surface area contributed by atoms with Gasteiger partial charge in [-0.15, -0.1) is 0 Å². The minimum atomic E-state index is -0.0573.